The van der Waals surface area contributed by atoms with Crippen LogP contribution in [0.5, 0.6) is 0 Å². The molecule has 0 aliphatic heterocycles. The lowest BCUT2D eigenvalue weighted by Crippen LogP contribution is -2.03. The Morgan fingerprint density at radius 2 is 1.86 bits per heavy atom. The number of halogens is 1. The maximum atomic E-state index is 4.48. The van der Waals surface area contributed by atoms with Gasteiger partial charge in [0, 0.05) is 17.2 Å². The predicted molar refractivity (Wildman–Crippen MR) is 88.1 cm³/mol. The van der Waals surface area contributed by atoms with Crippen molar-refractivity contribution in [1.82, 2.24) is 19.9 Å². The number of nitrogens with one attached hydrogen (secondary N) is 3. The molecule has 7 heteroatoms. The lowest BCUT2D eigenvalue weighted by Gasteiger charge is -2.13. The maximum absolute atomic E-state index is 4.48. The van der Waals surface area contributed by atoms with Crippen LogP contribution in [0.2, 0.25) is 0 Å². The van der Waals surface area contributed by atoms with Gasteiger partial charge < -0.3 is 15.6 Å². The van der Waals surface area contributed by atoms with Crippen LogP contribution in [-0.4, -0.2) is 27.0 Å². The summed E-state index contributed by atoms with van der Waals surface area (Å²) in [7, 11) is 1.79. The zero-order chi connectivity index (χ0) is 15.0. The van der Waals surface area contributed by atoms with Gasteiger partial charge in [0.2, 0.25) is 5.95 Å². The van der Waals surface area contributed by atoms with Gasteiger partial charge in [-0.05, 0) is 37.1 Å². The monoisotopic (exact) mass is 346 g/mol. The second-order valence-electron chi connectivity index (χ2n) is 4.79. The van der Waals surface area contributed by atoms with Crippen molar-refractivity contribution in [2.45, 2.75) is 13.8 Å². The summed E-state index contributed by atoms with van der Waals surface area (Å²) in [5, 5.41) is 6.34. The highest BCUT2D eigenvalue weighted by Crippen LogP contribution is 2.29. The summed E-state index contributed by atoms with van der Waals surface area (Å²) in [6.45, 7) is 4.12. The van der Waals surface area contributed by atoms with E-state index in [4.69, 9.17) is 0 Å². The summed E-state index contributed by atoms with van der Waals surface area (Å²) < 4.78 is 1.06. The van der Waals surface area contributed by atoms with Gasteiger partial charge in [0.15, 0.2) is 11.5 Å². The summed E-state index contributed by atoms with van der Waals surface area (Å²) in [4.78, 5) is 16.0. The van der Waals surface area contributed by atoms with Crippen LogP contribution in [0.4, 0.5) is 17.5 Å². The number of nitrogens with zero attached hydrogens (tertiary/aromatic N) is 3. The molecule has 0 aliphatic rings. The molecule has 0 amide bonds. The van der Waals surface area contributed by atoms with E-state index in [0.717, 1.165) is 26.8 Å². The number of aromatic nitrogens is 4. The number of hydrogen-bond donors (Lipinski definition) is 3. The molecule has 0 bridgehead atoms. The molecule has 0 unspecified atom stereocenters. The Hall–Kier alpha value is -2.15. The van der Waals surface area contributed by atoms with Gasteiger partial charge in [0.25, 0.3) is 0 Å². The van der Waals surface area contributed by atoms with E-state index in [0.29, 0.717) is 17.4 Å². The van der Waals surface area contributed by atoms with Crippen molar-refractivity contribution < 1.29 is 0 Å². The minimum atomic E-state index is 0.532. The van der Waals surface area contributed by atoms with Gasteiger partial charge in [-0.1, -0.05) is 15.9 Å². The molecule has 0 saturated carbocycles. The van der Waals surface area contributed by atoms with Crippen LogP contribution in [0.25, 0.3) is 11.2 Å². The van der Waals surface area contributed by atoms with E-state index in [2.05, 4.69) is 72.5 Å². The average Bonchev–Trinajstić information content (AvgIpc) is 2.90. The van der Waals surface area contributed by atoms with Crippen LogP contribution in [0, 0.1) is 13.8 Å². The molecule has 2 aromatic heterocycles. The molecular formula is C14H15BrN6. The van der Waals surface area contributed by atoms with Crippen LogP contribution >= 0.6 is 15.9 Å². The number of benzene rings is 1. The van der Waals surface area contributed by atoms with E-state index >= 15 is 0 Å². The van der Waals surface area contributed by atoms with Crippen molar-refractivity contribution in [2.24, 2.45) is 0 Å². The highest BCUT2D eigenvalue weighted by molar-refractivity contribution is 9.10. The van der Waals surface area contributed by atoms with Gasteiger partial charge in [0.05, 0.1) is 6.33 Å². The molecule has 0 saturated heterocycles. The molecule has 3 rings (SSSR count). The normalized spacial score (nSPS) is 10.9. The lowest BCUT2D eigenvalue weighted by atomic mass is 10.1. The number of hydrogen-bond acceptors (Lipinski definition) is 5. The highest BCUT2D eigenvalue weighted by Gasteiger charge is 2.12. The molecule has 6 nitrogen and oxygen atoms in total. The first kappa shape index (κ1) is 13.8. The molecule has 0 aliphatic carbocycles. The molecule has 2 heterocycles. The van der Waals surface area contributed by atoms with Gasteiger partial charge in [-0.2, -0.15) is 9.97 Å². The third-order valence-corrected chi connectivity index (χ3v) is 3.71. The molecule has 0 fully saturated rings. The third-order valence-electron chi connectivity index (χ3n) is 3.25. The van der Waals surface area contributed by atoms with Crippen LogP contribution in [-0.2, 0) is 0 Å². The number of aromatic amines is 1. The highest BCUT2D eigenvalue weighted by atomic mass is 79.9. The van der Waals surface area contributed by atoms with Crippen molar-refractivity contribution in [2.75, 3.05) is 17.7 Å². The van der Waals surface area contributed by atoms with E-state index in [1.807, 2.05) is 0 Å². The van der Waals surface area contributed by atoms with E-state index in [-0.39, 0.29) is 0 Å². The molecule has 108 valence electrons. The van der Waals surface area contributed by atoms with Crippen molar-refractivity contribution in [3.05, 3.63) is 34.1 Å². The van der Waals surface area contributed by atoms with E-state index in [1.165, 1.54) is 0 Å². The van der Waals surface area contributed by atoms with Crippen molar-refractivity contribution in [3.63, 3.8) is 0 Å². The smallest absolute Gasteiger partial charge is 0.226 e. The first-order valence-electron chi connectivity index (χ1n) is 6.51. The van der Waals surface area contributed by atoms with Gasteiger partial charge in [-0.25, -0.2) is 4.98 Å². The Balaban J connectivity index is 2.11. The summed E-state index contributed by atoms with van der Waals surface area (Å²) >= 11 is 3.51. The third kappa shape index (κ3) is 2.56. The predicted octanol–water partition coefficient (Wildman–Crippen LogP) is 3.52. The fourth-order valence-corrected chi connectivity index (χ4v) is 2.95. The minimum absolute atomic E-state index is 0.532. The number of H-pyrrole nitrogens is 1. The number of imidazole rings is 1. The van der Waals surface area contributed by atoms with Crippen LogP contribution < -0.4 is 10.6 Å². The molecular weight excluding hydrogens is 332 g/mol. The van der Waals surface area contributed by atoms with Crippen molar-refractivity contribution in [1.29, 1.82) is 0 Å². The van der Waals surface area contributed by atoms with Gasteiger partial charge >= 0.3 is 0 Å². The first-order chi connectivity index (χ1) is 10.1. The Labute approximate surface area is 130 Å². The molecule has 3 N–H and O–H groups in total. The Morgan fingerprint density at radius 3 is 2.52 bits per heavy atom. The number of anilines is 3. The molecule has 0 spiro atoms. The molecule has 21 heavy (non-hydrogen) atoms. The summed E-state index contributed by atoms with van der Waals surface area (Å²) in [6.07, 6.45) is 1.62. The Bertz CT molecular complexity index is 787. The van der Waals surface area contributed by atoms with E-state index in [1.54, 1.807) is 13.4 Å². The first-order valence-corrected chi connectivity index (χ1v) is 7.30. The number of fused-ring (bicyclic) bond motifs is 1. The summed E-state index contributed by atoms with van der Waals surface area (Å²) in [5.41, 5.74) is 4.73. The molecule has 0 atom stereocenters. The lowest BCUT2D eigenvalue weighted by molar-refractivity contribution is 1.17. The zero-order valence-corrected chi connectivity index (χ0v) is 13.5. The largest absolute Gasteiger partial charge is 0.357 e. The number of rotatable bonds is 3. The van der Waals surface area contributed by atoms with Gasteiger partial charge in [-0.3, -0.25) is 0 Å². The zero-order valence-electron chi connectivity index (χ0n) is 12.0. The second-order valence-corrected chi connectivity index (χ2v) is 5.70. The minimum Gasteiger partial charge on any atom is -0.357 e. The molecule has 0 radical (unpaired) electrons. The van der Waals surface area contributed by atoms with Crippen LogP contribution in [0.1, 0.15) is 11.1 Å². The quantitative estimate of drug-likeness (QED) is 0.676. The van der Waals surface area contributed by atoms with Crippen molar-refractivity contribution in [3.8, 4) is 0 Å². The Morgan fingerprint density at radius 1 is 1.14 bits per heavy atom. The number of aryl methyl sites for hydroxylation is 2. The fraction of sp³-hybridized carbons (Fsp3) is 0.214. The summed E-state index contributed by atoms with van der Waals surface area (Å²) in [5.74, 6) is 1.24. The Kier molecular flexibility index (Phi) is 3.50. The van der Waals surface area contributed by atoms with Crippen LogP contribution in [0.15, 0.2) is 22.9 Å². The van der Waals surface area contributed by atoms with E-state index < -0.39 is 0 Å². The van der Waals surface area contributed by atoms with Crippen molar-refractivity contribution >= 4 is 44.5 Å². The van der Waals surface area contributed by atoms with Gasteiger partial charge in [0.1, 0.15) is 5.52 Å². The SMILES string of the molecule is CNc1nc(Nc2c(C)cc(Br)cc2C)c2[nH]cnc2n1. The van der Waals surface area contributed by atoms with E-state index in [9.17, 15) is 0 Å². The standard InChI is InChI=1S/C14H15BrN6/c1-7-4-9(15)5-8(2)10(7)19-13-11-12(18-6-17-11)20-14(16-3)21-13/h4-6H,1-3H3,(H3,16,17,18,19,20,21). The summed E-state index contributed by atoms with van der Waals surface area (Å²) in [6, 6.07) is 4.14. The second kappa shape index (κ2) is 5.33. The molecule has 3 aromatic rings. The topological polar surface area (TPSA) is 78.5 Å². The van der Waals surface area contributed by atoms with Gasteiger partial charge in [-0.15, -0.1) is 0 Å². The maximum Gasteiger partial charge on any atom is 0.226 e. The average molecular weight is 347 g/mol. The van der Waals surface area contributed by atoms with Crippen LogP contribution in [0.3, 0.4) is 0 Å². The molecule has 1 aromatic carbocycles. The fourth-order valence-electron chi connectivity index (χ4n) is 2.26.